The molecule has 2 aliphatic heterocycles. The van der Waals surface area contributed by atoms with Crippen molar-refractivity contribution in [3.8, 4) is 22.5 Å². The average molecular weight is 1010 g/mol. The predicted molar refractivity (Wildman–Crippen MR) is 282 cm³/mol. The molecule has 0 spiro atoms. The summed E-state index contributed by atoms with van der Waals surface area (Å²) in [7, 11) is 2.77. The van der Waals surface area contributed by atoms with Crippen LogP contribution in [0.4, 0.5) is 9.59 Å². The van der Waals surface area contributed by atoms with E-state index in [9.17, 15) is 9.59 Å². The minimum Gasteiger partial charge on any atom is -0.444 e. The Kier molecular flexibility index (Phi) is 18.0. The van der Waals surface area contributed by atoms with Crippen molar-refractivity contribution in [2.24, 2.45) is 11.8 Å². The zero-order valence-electron chi connectivity index (χ0n) is 42.2. The molecule has 16 heteroatoms. The first kappa shape index (κ1) is 52.1. The fourth-order valence-electron chi connectivity index (χ4n) is 10.9. The van der Waals surface area contributed by atoms with Gasteiger partial charge in [-0.15, -0.1) is 0 Å². The highest BCUT2D eigenvalue weighted by Crippen LogP contribution is 2.41. The van der Waals surface area contributed by atoms with Crippen LogP contribution in [0.1, 0.15) is 141 Å². The molecule has 0 radical (unpaired) electrons. The molecule has 0 saturated heterocycles. The molecule has 2 N–H and O–H groups in total. The molecular formula is C55H74N8O6S2. The van der Waals surface area contributed by atoms with Gasteiger partial charge in [0.25, 0.3) is 0 Å². The molecule has 71 heavy (non-hydrogen) atoms. The summed E-state index contributed by atoms with van der Waals surface area (Å²) in [5.74, 6) is 1.12. The quantitative estimate of drug-likeness (QED) is 0.0630. The second-order valence-electron chi connectivity index (χ2n) is 20.9. The minimum absolute atomic E-state index is 0.179. The Morgan fingerprint density at radius 1 is 0.634 bits per heavy atom. The summed E-state index contributed by atoms with van der Waals surface area (Å²) < 4.78 is 15.3. The molecule has 2 aromatic heterocycles. The molecule has 0 bridgehead atoms. The standard InChI is InChI=1S/C55H74N8O6S2/c1-38(2)68-53(66)56-45(51(64)60-28-18-30-62-49(47(60)32-39-20-10-6-11-21-39)34-43(58-62)41-24-14-8-15-25-41)36-70-71-37-46(57-54(67)69-55(3,4)5)52(65)61-29-19-31-63-50(48(61)33-40-22-12-7-13-23-40)35-44(59-63)42-26-16-9-17-27-42/h8-9,14-17,24-27,34-35,39-40,45-48H,1,6-7,10-13,18-23,28-33,36-37H2,2-5H3,(H,56,66)(H,57,67)/t45-,46-,47?,48?/m0/s1. The molecule has 4 aromatic rings. The number of ether oxygens (including phenoxy) is 2. The number of hydrogen-bond acceptors (Lipinski definition) is 10. The molecule has 2 aliphatic carbocycles. The van der Waals surface area contributed by atoms with Crippen LogP contribution in [0.5, 0.6) is 0 Å². The zero-order valence-corrected chi connectivity index (χ0v) is 43.8. The molecule has 2 fully saturated rings. The topological polar surface area (TPSA) is 153 Å². The first-order chi connectivity index (χ1) is 34.3. The number of amides is 4. The summed E-state index contributed by atoms with van der Waals surface area (Å²) >= 11 is 0. The van der Waals surface area contributed by atoms with Crippen molar-refractivity contribution in [3.63, 3.8) is 0 Å². The highest BCUT2D eigenvalue weighted by molar-refractivity contribution is 8.76. The number of nitrogens with one attached hydrogen (secondary N) is 2. The van der Waals surface area contributed by atoms with Gasteiger partial charge in [-0.3, -0.25) is 19.0 Å². The van der Waals surface area contributed by atoms with Gasteiger partial charge in [0.1, 0.15) is 17.7 Å². The van der Waals surface area contributed by atoms with E-state index < -0.39 is 29.9 Å². The van der Waals surface area contributed by atoms with Crippen LogP contribution < -0.4 is 10.6 Å². The molecule has 382 valence electrons. The van der Waals surface area contributed by atoms with Crippen LogP contribution in [0.3, 0.4) is 0 Å². The largest absolute Gasteiger partial charge is 0.444 e. The molecule has 4 amide bonds. The number of carbonyl (C=O) groups is 4. The van der Waals surface area contributed by atoms with Gasteiger partial charge in [-0.2, -0.15) is 10.2 Å². The van der Waals surface area contributed by atoms with Crippen LogP contribution in [0.2, 0.25) is 0 Å². The molecule has 4 atom stereocenters. The number of aryl methyl sites for hydroxylation is 2. The summed E-state index contributed by atoms with van der Waals surface area (Å²) in [6.45, 7) is 13.1. The van der Waals surface area contributed by atoms with Gasteiger partial charge in [0.15, 0.2) is 0 Å². The number of allylic oxidation sites excluding steroid dienone is 1. The number of nitrogens with zero attached hydrogens (tertiary/aromatic N) is 6. The van der Waals surface area contributed by atoms with Crippen molar-refractivity contribution in [2.45, 2.75) is 160 Å². The van der Waals surface area contributed by atoms with Gasteiger partial charge in [-0.25, -0.2) is 9.59 Å². The van der Waals surface area contributed by atoms with Gasteiger partial charge in [-0.05, 0) is 77.3 Å². The maximum Gasteiger partial charge on any atom is 0.412 e. The lowest BCUT2D eigenvalue weighted by molar-refractivity contribution is -0.136. The van der Waals surface area contributed by atoms with Gasteiger partial charge in [0, 0.05) is 48.8 Å². The average Bonchev–Trinajstić information content (AvgIpc) is 3.89. The van der Waals surface area contributed by atoms with Crippen molar-refractivity contribution < 1.29 is 28.7 Å². The molecule has 14 nitrogen and oxygen atoms in total. The number of fused-ring (bicyclic) bond motifs is 2. The van der Waals surface area contributed by atoms with Gasteiger partial charge < -0.3 is 29.9 Å². The number of carbonyl (C=O) groups excluding carboxylic acids is 4. The lowest BCUT2D eigenvalue weighted by atomic mass is 9.83. The Labute approximate surface area is 428 Å². The fourth-order valence-corrected chi connectivity index (χ4v) is 13.2. The van der Waals surface area contributed by atoms with Crippen LogP contribution >= 0.6 is 21.6 Å². The van der Waals surface area contributed by atoms with Crippen LogP contribution in [0, 0.1) is 11.8 Å². The van der Waals surface area contributed by atoms with Crippen molar-refractivity contribution in [1.82, 2.24) is 40.0 Å². The van der Waals surface area contributed by atoms with Crippen molar-refractivity contribution in [1.29, 1.82) is 0 Å². The van der Waals surface area contributed by atoms with Gasteiger partial charge in [-0.1, -0.05) is 153 Å². The third-order valence-electron chi connectivity index (χ3n) is 14.3. The van der Waals surface area contributed by atoms with Crippen LogP contribution in [-0.4, -0.2) is 95.6 Å². The Balaban J connectivity index is 1.04. The third-order valence-corrected chi connectivity index (χ3v) is 16.7. The summed E-state index contributed by atoms with van der Waals surface area (Å²) in [6.07, 6.45) is 13.2. The third kappa shape index (κ3) is 14.1. The van der Waals surface area contributed by atoms with E-state index in [-0.39, 0.29) is 41.2 Å². The van der Waals surface area contributed by atoms with Gasteiger partial charge >= 0.3 is 12.2 Å². The Morgan fingerprint density at radius 2 is 1.06 bits per heavy atom. The summed E-state index contributed by atoms with van der Waals surface area (Å²) in [5.41, 5.74) is 5.05. The minimum atomic E-state index is -0.964. The maximum atomic E-state index is 15.3. The number of aromatic nitrogens is 4. The summed E-state index contributed by atoms with van der Waals surface area (Å²) in [4.78, 5) is 61.4. The molecule has 4 aliphatic rings. The van der Waals surface area contributed by atoms with E-state index in [4.69, 9.17) is 19.7 Å². The van der Waals surface area contributed by atoms with Crippen molar-refractivity contribution in [2.75, 3.05) is 24.6 Å². The molecule has 2 saturated carbocycles. The highest BCUT2D eigenvalue weighted by atomic mass is 33.1. The highest BCUT2D eigenvalue weighted by Gasteiger charge is 2.40. The number of benzene rings is 2. The van der Waals surface area contributed by atoms with E-state index in [1.54, 1.807) is 27.7 Å². The van der Waals surface area contributed by atoms with E-state index in [2.05, 4.69) is 63.0 Å². The smallest absolute Gasteiger partial charge is 0.412 e. The molecule has 8 rings (SSSR count). The SMILES string of the molecule is C=C(C)OC(=O)N[C@@H](CSSC[C@H](NC(=O)OC(C)(C)C)C(=O)N1CCCn2nc(-c3ccccc3)cc2C1CC1CCCCC1)C(=O)N1CCCn2nc(-c3ccccc3)cc2C1CC1CCCCC1. The Bertz CT molecular complexity index is 2430. The summed E-state index contributed by atoms with van der Waals surface area (Å²) in [5, 5.41) is 16.0. The first-order valence-corrected chi connectivity index (χ1v) is 28.5. The summed E-state index contributed by atoms with van der Waals surface area (Å²) in [6, 6.07) is 22.2. The second kappa shape index (κ2) is 24.5. The Morgan fingerprint density at radius 3 is 1.46 bits per heavy atom. The van der Waals surface area contributed by atoms with Crippen molar-refractivity contribution >= 4 is 45.6 Å². The van der Waals surface area contributed by atoms with E-state index in [1.807, 2.05) is 46.2 Å². The molecular weight excluding hydrogens is 933 g/mol. The maximum absolute atomic E-state index is 15.3. The molecule has 2 aromatic carbocycles. The normalized spacial score (nSPS) is 19.8. The number of hydrogen-bond donors (Lipinski definition) is 2. The lowest BCUT2D eigenvalue weighted by Crippen LogP contribution is -2.52. The van der Waals surface area contributed by atoms with Crippen LogP contribution in [0.15, 0.2) is 85.1 Å². The van der Waals surface area contributed by atoms with E-state index in [0.717, 1.165) is 72.4 Å². The molecule has 2 unspecified atom stereocenters. The second-order valence-corrected chi connectivity index (χ2v) is 23.5. The van der Waals surface area contributed by atoms with Crippen LogP contribution in [-0.2, 0) is 32.2 Å². The van der Waals surface area contributed by atoms with Gasteiger partial charge in [0.2, 0.25) is 11.8 Å². The number of rotatable bonds is 16. The van der Waals surface area contributed by atoms with Crippen LogP contribution in [0.25, 0.3) is 22.5 Å². The zero-order chi connectivity index (χ0) is 49.9. The van der Waals surface area contributed by atoms with E-state index in [1.165, 1.54) is 60.1 Å². The van der Waals surface area contributed by atoms with Crippen molar-refractivity contribution in [3.05, 3.63) is 96.5 Å². The lowest BCUT2D eigenvalue weighted by Gasteiger charge is -2.36. The van der Waals surface area contributed by atoms with Gasteiger partial charge in [0.05, 0.1) is 40.6 Å². The molecule has 4 heterocycles. The first-order valence-electron chi connectivity index (χ1n) is 26.0. The Hall–Kier alpha value is -5.22. The van der Waals surface area contributed by atoms with E-state index >= 15 is 9.59 Å². The van der Waals surface area contributed by atoms with E-state index in [0.29, 0.717) is 50.9 Å². The number of alkyl carbamates (subject to hydrolysis) is 2. The monoisotopic (exact) mass is 1010 g/mol. The fraction of sp³-hybridized carbons (Fsp3) is 0.564. The predicted octanol–water partition coefficient (Wildman–Crippen LogP) is 11.5.